The lowest BCUT2D eigenvalue weighted by molar-refractivity contribution is 0.668. The molecule has 0 atom stereocenters. The van der Waals surface area contributed by atoms with Crippen LogP contribution in [0.1, 0.15) is 0 Å². The number of anilines is 3. The van der Waals surface area contributed by atoms with Crippen molar-refractivity contribution in [1.29, 1.82) is 0 Å². The van der Waals surface area contributed by atoms with Gasteiger partial charge in [-0.05, 0) is 69.9 Å². The third kappa shape index (κ3) is 4.51. The fraction of sp³-hybridized carbons (Fsp3) is 0. The number of furan rings is 2. The molecule has 0 aliphatic heterocycles. The van der Waals surface area contributed by atoms with Crippen LogP contribution in [0.5, 0.6) is 0 Å². The van der Waals surface area contributed by atoms with Crippen LogP contribution in [0.3, 0.4) is 0 Å². The molecule has 0 saturated carbocycles. The molecule has 0 fully saturated rings. The lowest BCUT2D eigenvalue weighted by atomic mass is 9.99. The molecule has 10 aromatic rings. The fourth-order valence-corrected chi connectivity index (χ4v) is 7.28. The number of hydrogen-bond acceptors (Lipinski definition) is 3. The number of para-hydroxylation sites is 3. The van der Waals surface area contributed by atoms with Gasteiger partial charge in [0.2, 0.25) is 0 Å². The summed E-state index contributed by atoms with van der Waals surface area (Å²) in [5.74, 6) is 0. The maximum absolute atomic E-state index is 6.97. The number of nitrogens with zero attached hydrogens (tertiary/aromatic N) is 1. The van der Waals surface area contributed by atoms with Gasteiger partial charge in [-0.2, -0.15) is 0 Å². The molecule has 0 amide bonds. The Morgan fingerprint density at radius 3 is 1.88 bits per heavy atom. The van der Waals surface area contributed by atoms with Gasteiger partial charge < -0.3 is 13.7 Å². The topological polar surface area (TPSA) is 29.5 Å². The molecular weight excluding hydrogens is 599 g/mol. The summed E-state index contributed by atoms with van der Waals surface area (Å²) in [7, 11) is 0. The average Bonchev–Trinajstić information content (AvgIpc) is 3.74. The third-order valence-corrected chi connectivity index (χ3v) is 9.66. The van der Waals surface area contributed by atoms with Gasteiger partial charge in [-0.1, -0.05) is 127 Å². The minimum Gasteiger partial charge on any atom is -0.456 e. The van der Waals surface area contributed by atoms with E-state index in [-0.39, 0.29) is 0 Å². The first-order valence-electron chi connectivity index (χ1n) is 16.6. The second-order valence-electron chi connectivity index (χ2n) is 12.5. The first kappa shape index (κ1) is 27.5. The molecule has 3 heteroatoms. The van der Waals surface area contributed by atoms with Gasteiger partial charge in [0.05, 0.1) is 11.4 Å². The summed E-state index contributed by atoms with van der Waals surface area (Å²) < 4.78 is 13.3. The van der Waals surface area contributed by atoms with Crippen LogP contribution >= 0.6 is 0 Å². The maximum atomic E-state index is 6.97. The van der Waals surface area contributed by atoms with E-state index in [0.717, 1.165) is 72.1 Å². The smallest absolute Gasteiger partial charge is 0.159 e. The Labute approximate surface area is 282 Å². The second kappa shape index (κ2) is 11.0. The average molecular weight is 628 g/mol. The Kier molecular flexibility index (Phi) is 6.18. The van der Waals surface area contributed by atoms with Crippen molar-refractivity contribution in [3.8, 4) is 22.3 Å². The van der Waals surface area contributed by atoms with Crippen LogP contribution in [-0.4, -0.2) is 0 Å². The van der Waals surface area contributed by atoms with E-state index in [2.05, 4.69) is 163 Å². The Bertz CT molecular complexity index is 2830. The van der Waals surface area contributed by atoms with Crippen LogP contribution in [0.2, 0.25) is 0 Å². The van der Waals surface area contributed by atoms with Gasteiger partial charge in [-0.25, -0.2) is 0 Å². The molecule has 49 heavy (non-hydrogen) atoms. The molecule has 230 valence electrons. The predicted molar refractivity (Wildman–Crippen MR) is 204 cm³/mol. The number of rotatable bonds is 5. The Hall–Kier alpha value is -6.58. The molecule has 0 aliphatic rings. The molecular formula is C46H29NO2. The number of benzene rings is 8. The van der Waals surface area contributed by atoms with Crippen molar-refractivity contribution in [2.24, 2.45) is 0 Å². The molecule has 3 nitrogen and oxygen atoms in total. The van der Waals surface area contributed by atoms with Gasteiger partial charge in [0.1, 0.15) is 16.7 Å². The van der Waals surface area contributed by atoms with Crippen molar-refractivity contribution in [3.05, 3.63) is 176 Å². The van der Waals surface area contributed by atoms with E-state index < -0.39 is 0 Å². The molecule has 0 aliphatic carbocycles. The van der Waals surface area contributed by atoms with E-state index in [4.69, 9.17) is 8.83 Å². The van der Waals surface area contributed by atoms with Gasteiger partial charge in [0, 0.05) is 38.9 Å². The summed E-state index contributed by atoms with van der Waals surface area (Å²) in [6.07, 6.45) is 0. The number of hydrogen-bond donors (Lipinski definition) is 0. The zero-order valence-corrected chi connectivity index (χ0v) is 26.5. The quantitative estimate of drug-likeness (QED) is 0.190. The van der Waals surface area contributed by atoms with Gasteiger partial charge in [-0.15, -0.1) is 0 Å². The van der Waals surface area contributed by atoms with Crippen LogP contribution in [0, 0.1) is 0 Å². The highest BCUT2D eigenvalue weighted by molar-refractivity contribution is 6.14. The molecule has 8 aromatic carbocycles. The van der Waals surface area contributed by atoms with Crippen LogP contribution in [0.25, 0.3) is 76.9 Å². The first-order chi connectivity index (χ1) is 24.3. The molecule has 10 rings (SSSR count). The Morgan fingerprint density at radius 1 is 0.347 bits per heavy atom. The van der Waals surface area contributed by atoms with E-state index in [0.29, 0.717) is 0 Å². The third-order valence-electron chi connectivity index (χ3n) is 9.66. The zero-order chi connectivity index (χ0) is 32.3. The van der Waals surface area contributed by atoms with Crippen molar-refractivity contribution in [2.45, 2.75) is 0 Å². The molecule has 0 unspecified atom stereocenters. The van der Waals surface area contributed by atoms with E-state index in [1.165, 1.54) is 21.9 Å². The lowest BCUT2D eigenvalue weighted by Crippen LogP contribution is -2.10. The van der Waals surface area contributed by atoms with Gasteiger partial charge in [0.15, 0.2) is 5.58 Å². The van der Waals surface area contributed by atoms with E-state index in [9.17, 15) is 0 Å². The first-order valence-corrected chi connectivity index (χ1v) is 16.6. The summed E-state index contributed by atoms with van der Waals surface area (Å²) in [5, 5.41) is 6.81. The van der Waals surface area contributed by atoms with Gasteiger partial charge in [0.25, 0.3) is 0 Å². The van der Waals surface area contributed by atoms with Crippen molar-refractivity contribution >= 4 is 71.7 Å². The molecule has 0 spiro atoms. The van der Waals surface area contributed by atoms with Crippen molar-refractivity contribution < 1.29 is 8.83 Å². The normalized spacial score (nSPS) is 11.7. The van der Waals surface area contributed by atoms with E-state index in [1.807, 2.05) is 18.2 Å². The van der Waals surface area contributed by atoms with Crippen LogP contribution in [0.4, 0.5) is 17.1 Å². The summed E-state index contributed by atoms with van der Waals surface area (Å²) in [6, 6.07) is 61.9. The Balaban J connectivity index is 1.18. The second-order valence-corrected chi connectivity index (χ2v) is 12.5. The number of fused-ring (bicyclic) bond motifs is 7. The highest BCUT2D eigenvalue weighted by Gasteiger charge is 2.22. The van der Waals surface area contributed by atoms with Crippen molar-refractivity contribution in [3.63, 3.8) is 0 Å². The van der Waals surface area contributed by atoms with Crippen LogP contribution < -0.4 is 4.90 Å². The van der Waals surface area contributed by atoms with Crippen molar-refractivity contribution in [2.75, 3.05) is 4.90 Å². The summed E-state index contributed by atoms with van der Waals surface area (Å²) in [5.41, 5.74) is 11.0. The summed E-state index contributed by atoms with van der Waals surface area (Å²) in [6.45, 7) is 0. The predicted octanol–water partition coefficient (Wildman–Crippen LogP) is 13.4. The minimum atomic E-state index is 0.836. The fourth-order valence-electron chi connectivity index (χ4n) is 7.28. The SMILES string of the molecule is c1ccc(-c2ccc(N(c3ccc4c(c3)oc3ccccc34)c3cccc4c3oc3c(-c5ccc6ccccc6c5)cccc34)cc2)cc1. The molecule has 0 radical (unpaired) electrons. The summed E-state index contributed by atoms with van der Waals surface area (Å²) >= 11 is 0. The molecule has 0 saturated heterocycles. The Morgan fingerprint density at radius 2 is 1.00 bits per heavy atom. The monoisotopic (exact) mass is 627 g/mol. The highest BCUT2D eigenvalue weighted by Crippen LogP contribution is 2.45. The van der Waals surface area contributed by atoms with E-state index in [1.54, 1.807) is 0 Å². The summed E-state index contributed by atoms with van der Waals surface area (Å²) in [4.78, 5) is 2.28. The van der Waals surface area contributed by atoms with E-state index >= 15 is 0 Å². The van der Waals surface area contributed by atoms with Gasteiger partial charge in [-0.3, -0.25) is 0 Å². The maximum Gasteiger partial charge on any atom is 0.159 e. The van der Waals surface area contributed by atoms with Crippen LogP contribution in [-0.2, 0) is 0 Å². The molecule has 0 bridgehead atoms. The van der Waals surface area contributed by atoms with Gasteiger partial charge >= 0.3 is 0 Å². The van der Waals surface area contributed by atoms with Crippen LogP contribution in [0.15, 0.2) is 185 Å². The zero-order valence-electron chi connectivity index (χ0n) is 26.5. The lowest BCUT2D eigenvalue weighted by Gasteiger charge is -2.25. The molecule has 2 heterocycles. The highest BCUT2D eigenvalue weighted by atomic mass is 16.3. The van der Waals surface area contributed by atoms with Crippen molar-refractivity contribution in [1.82, 2.24) is 0 Å². The minimum absolute atomic E-state index is 0.836. The standard InChI is InChI=1S/C46H29NO2/c1-2-10-30(11-3-1)32-22-24-35(25-23-32)47(36-26-27-39-38-14-6-7-19-43(38)48-44(39)29-36)42-18-9-17-41-40-16-8-15-37(45(40)49-46(41)42)34-21-20-31-12-4-5-13-33(31)28-34/h1-29H. The largest absolute Gasteiger partial charge is 0.456 e. The molecule has 2 aromatic heterocycles. The molecule has 0 N–H and O–H groups in total.